The van der Waals surface area contributed by atoms with Crippen LogP contribution in [0.4, 0.5) is 5.69 Å². The molecular formula is C11H17N4S+. The Morgan fingerprint density at radius 2 is 2.12 bits per heavy atom. The van der Waals surface area contributed by atoms with Crippen molar-refractivity contribution in [2.75, 3.05) is 26.8 Å². The first-order chi connectivity index (χ1) is 7.67. The predicted octanol–water partition coefficient (Wildman–Crippen LogP) is 0.645. The molecule has 0 saturated carbocycles. The summed E-state index contributed by atoms with van der Waals surface area (Å²) < 4.78 is 0.663. The van der Waals surface area contributed by atoms with Gasteiger partial charge in [-0.2, -0.15) is 9.60 Å². The average Bonchev–Trinajstić information content (AvgIpc) is 2.79. The number of nitrogens with two attached hydrogens (primary N) is 1. The minimum Gasteiger partial charge on any atom is -0.372 e. The van der Waals surface area contributed by atoms with Crippen LogP contribution in [0.15, 0.2) is 30.3 Å². The normalized spacial score (nSPS) is 24.3. The van der Waals surface area contributed by atoms with Crippen molar-refractivity contribution in [1.82, 2.24) is 14.9 Å². The Morgan fingerprint density at radius 1 is 1.44 bits per heavy atom. The number of nitrogens with zero attached hydrogens (tertiary/aromatic N) is 2. The second-order valence-corrected chi connectivity index (χ2v) is 4.42. The van der Waals surface area contributed by atoms with E-state index in [1.165, 1.54) is 5.69 Å². The molecule has 1 fully saturated rings. The lowest BCUT2D eigenvalue weighted by Crippen LogP contribution is -2.62. The number of hydrogen-bond acceptors (Lipinski definition) is 2. The molecule has 0 aliphatic carbocycles. The standard InChI is InChI=1S/C11H16N4S/c1-14(11(12)16)15(8-7-13-9-15)10-5-3-2-4-6-10/h2-6,13H,7-9H2,1H3,(H-,12,16)/p+1. The zero-order valence-electron chi connectivity index (χ0n) is 9.39. The van der Waals surface area contributed by atoms with Gasteiger partial charge in [0.25, 0.3) is 0 Å². The lowest BCUT2D eigenvalue weighted by Gasteiger charge is -2.39. The highest BCUT2D eigenvalue weighted by Gasteiger charge is 2.39. The summed E-state index contributed by atoms with van der Waals surface area (Å²) in [5.41, 5.74) is 6.96. The van der Waals surface area contributed by atoms with Crippen molar-refractivity contribution >= 4 is 23.0 Å². The average molecular weight is 237 g/mol. The van der Waals surface area contributed by atoms with Crippen molar-refractivity contribution < 1.29 is 0 Å². The number of rotatable bonds is 2. The van der Waals surface area contributed by atoms with Crippen molar-refractivity contribution in [1.29, 1.82) is 0 Å². The Labute approximate surface area is 101 Å². The molecule has 0 radical (unpaired) electrons. The van der Waals surface area contributed by atoms with Gasteiger partial charge in [0.2, 0.25) is 5.11 Å². The van der Waals surface area contributed by atoms with Gasteiger partial charge in [-0.25, -0.2) is 0 Å². The molecule has 86 valence electrons. The van der Waals surface area contributed by atoms with E-state index in [2.05, 4.69) is 17.4 Å². The summed E-state index contributed by atoms with van der Waals surface area (Å²) in [5, 5.41) is 5.74. The Bertz CT molecular complexity index is 373. The molecule has 0 aromatic heterocycles. The fourth-order valence-electron chi connectivity index (χ4n) is 2.15. The van der Waals surface area contributed by atoms with E-state index in [1.54, 1.807) is 0 Å². The van der Waals surface area contributed by atoms with Crippen LogP contribution in [0.1, 0.15) is 0 Å². The highest BCUT2D eigenvalue weighted by molar-refractivity contribution is 7.80. The predicted molar refractivity (Wildman–Crippen MR) is 70.5 cm³/mol. The summed E-state index contributed by atoms with van der Waals surface area (Å²) in [4.78, 5) is 0. The van der Waals surface area contributed by atoms with Crippen LogP contribution in [-0.2, 0) is 0 Å². The highest BCUT2D eigenvalue weighted by atomic mass is 32.1. The summed E-state index contributed by atoms with van der Waals surface area (Å²) >= 11 is 5.09. The second-order valence-electron chi connectivity index (χ2n) is 4.00. The van der Waals surface area contributed by atoms with Crippen LogP contribution in [-0.4, -0.2) is 36.9 Å². The van der Waals surface area contributed by atoms with E-state index in [0.29, 0.717) is 9.70 Å². The SMILES string of the molecule is CN(C(N)=S)[N+]1(c2ccccc2)CCNC1. The van der Waals surface area contributed by atoms with Gasteiger partial charge in [0, 0.05) is 12.1 Å². The zero-order chi connectivity index (χ0) is 11.6. The van der Waals surface area contributed by atoms with Gasteiger partial charge < -0.3 is 5.73 Å². The first-order valence-corrected chi connectivity index (χ1v) is 5.75. The third-order valence-electron chi connectivity index (χ3n) is 3.16. The van der Waals surface area contributed by atoms with Crippen LogP contribution in [0.2, 0.25) is 0 Å². The van der Waals surface area contributed by atoms with Gasteiger partial charge in [-0.05, 0) is 12.2 Å². The fourth-order valence-corrected chi connectivity index (χ4v) is 2.31. The van der Waals surface area contributed by atoms with Crippen molar-refractivity contribution in [3.05, 3.63) is 30.3 Å². The third kappa shape index (κ3) is 1.77. The molecule has 1 aromatic carbocycles. The number of para-hydroxylation sites is 1. The third-order valence-corrected chi connectivity index (χ3v) is 3.43. The molecule has 1 heterocycles. The Kier molecular flexibility index (Phi) is 3.09. The van der Waals surface area contributed by atoms with E-state index in [0.717, 1.165) is 19.8 Å². The quantitative estimate of drug-likeness (QED) is 0.585. The maximum absolute atomic E-state index is 5.75. The van der Waals surface area contributed by atoms with Gasteiger partial charge >= 0.3 is 0 Å². The molecule has 1 atom stereocenters. The van der Waals surface area contributed by atoms with Crippen molar-refractivity contribution in [3.63, 3.8) is 0 Å². The van der Waals surface area contributed by atoms with Gasteiger partial charge in [0.1, 0.15) is 6.54 Å². The summed E-state index contributed by atoms with van der Waals surface area (Å²) in [6.07, 6.45) is 0. The lowest BCUT2D eigenvalue weighted by atomic mass is 10.3. The summed E-state index contributed by atoms with van der Waals surface area (Å²) in [5.74, 6) is 0. The van der Waals surface area contributed by atoms with E-state index in [4.69, 9.17) is 18.0 Å². The first kappa shape index (κ1) is 11.3. The van der Waals surface area contributed by atoms with Gasteiger partial charge in [0.15, 0.2) is 12.4 Å². The largest absolute Gasteiger partial charge is 0.372 e. The number of quaternary nitrogens is 1. The number of benzene rings is 1. The number of nitrogens with one attached hydrogen (secondary N) is 1. The van der Waals surface area contributed by atoms with Gasteiger partial charge in [-0.3, -0.25) is 5.32 Å². The summed E-state index contributed by atoms with van der Waals surface area (Å²) in [7, 11) is 1.95. The molecule has 0 bridgehead atoms. The molecule has 1 saturated heterocycles. The van der Waals surface area contributed by atoms with Crippen LogP contribution in [0.25, 0.3) is 0 Å². The minimum absolute atomic E-state index is 0.424. The van der Waals surface area contributed by atoms with Crippen LogP contribution < -0.4 is 15.6 Å². The number of thiocarbonyl (C=S) groups is 1. The lowest BCUT2D eigenvalue weighted by molar-refractivity contribution is 0.108. The van der Waals surface area contributed by atoms with Crippen molar-refractivity contribution in [2.24, 2.45) is 5.73 Å². The van der Waals surface area contributed by atoms with Crippen LogP contribution in [0.3, 0.4) is 0 Å². The fraction of sp³-hybridized carbons (Fsp3) is 0.364. The Morgan fingerprint density at radius 3 is 2.62 bits per heavy atom. The van der Waals surface area contributed by atoms with E-state index in [9.17, 15) is 0 Å². The zero-order valence-corrected chi connectivity index (χ0v) is 10.2. The number of hydrogen-bond donors (Lipinski definition) is 2. The van der Waals surface area contributed by atoms with E-state index >= 15 is 0 Å². The monoisotopic (exact) mass is 237 g/mol. The van der Waals surface area contributed by atoms with Crippen LogP contribution in [0, 0.1) is 0 Å². The molecule has 0 amide bonds. The second kappa shape index (κ2) is 4.37. The molecule has 16 heavy (non-hydrogen) atoms. The maximum Gasteiger partial charge on any atom is 0.213 e. The minimum atomic E-state index is 0.424. The summed E-state index contributed by atoms with van der Waals surface area (Å²) in [6.45, 7) is 2.78. The molecule has 3 N–H and O–H groups in total. The van der Waals surface area contributed by atoms with Crippen molar-refractivity contribution in [2.45, 2.75) is 0 Å². The topological polar surface area (TPSA) is 41.3 Å². The summed E-state index contributed by atoms with van der Waals surface area (Å²) in [6, 6.07) is 10.3. The van der Waals surface area contributed by atoms with E-state index in [-0.39, 0.29) is 0 Å². The smallest absolute Gasteiger partial charge is 0.213 e. The first-order valence-electron chi connectivity index (χ1n) is 5.34. The van der Waals surface area contributed by atoms with Gasteiger partial charge in [0.05, 0.1) is 13.6 Å². The van der Waals surface area contributed by atoms with E-state index in [1.807, 2.05) is 30.3 Å². The molecule has 2 rings (SSSR count). The molecule has 1 aliphatic rings. The molecule has 5 heteroatoms. The van der Waals surface area contributed by atoms with Crippen LogP contribution in [0.5, 0.6) is 0 Å². The van der Waals surface area contributed by atoms with Gasteiger partial charge in [-0.15, -0.1) is 0 Å². The maximum atomic E-state index is 5.75. The molecule has 1 aliphatic heterocycles. The Balaban J connectivity index is 2.40. The van der Waals surface area contributed by atoms with Crippen LogP contribution >= 0.6 is 12.2 Å². The molecule has 1 unspecified atom stereocenters. The highest BCUT2D eigenvalue weighted by Crippen LogP contribution is 2.25. The molecule has 0 spiro atoms. The van der Waals surface area contributed by atoms with Crippen molar-refractivity contribution in [3.8, 4) is 0 Å². The van der Waals surface area contributed by atoms with E-state index < -0.39 is 0 Å². The molecule has 4 nitrogen and oxygen atoms in total. The molecule has 1 aromatic rings. The van der Waals surface area contributed by atoms with Gasteiger partial charge in [-0.1, -0.05) is 18.2 Å². The molecular weight excluding hydrogens is 220 g/mol. The Hall–Kier alpha value is -1.17.